The van der Waals surface area contributed by atoms with Crippen LogP contribution in [0.3, 0.4) is 0 Å². The van der Waals surface area contributed by atoms with Gasteiger partial charge in [-0.1, -0.05) is 25.3 Å². The number of hydrogen-bond donors (Lipinski definition) is 3. The summed E-state index contributed by atoms with van der Waals surface area (Å²) in [5.74, 6) is -0.292. The number of carbonyl (C=O) groups is 3. The Bertz CT molecular complexity index is 759. The normalized spacial score (nSPS) is 17.8. The quantitative estimate of drug-likeness (QED) is 0.579. The van der Waals surface area contributed by atoms with Crippen LogP contribution in [0.15, 0.2) is 24.3 Å². The summed E-state index contributed by atoms with van der Waals surface area (Å²) in [4.78, 5) is 38.6. The first kappa shape index (κ1) is 23.0. The van der Waals surface area contributed by atoms with Crippen LogP contribution < -0.4 is 16.0 Å². The maximum atomic E-state index is 13.1. The number of rotatable bonds is 7. The first-order chi connectivity index (χ1) is 15.0. The van der Waals surface area contributed by atoms with E-state index in [-0.39, 0.29) is 29.5 Å². The topological polar surface area (TPSA) is 90.5 Å². The van der Waals surface area contributed by atoms with Gasteiger partial charge in [0, 0.05) is 43.7 Å². The van der Waals surface area contributed by atoms with Crippen molar-refractivity contribution in [3.63, 3.8) is 0 Å². The number of amides is 4. The average Bonchev–Trinajstić information content (AvgIpc) is 2.79. The summed E-state index contributed by atoms with van der Waals surface area (Å²) in [7, 11) is 0. The maximum Gasteiger partial charge on any atom is 0.315 e. The van der Waals surface area contributed by atoms with E-state index in [2.05, 4.69) is 16.0 Å². The largest absolute Gasteiger partial charge is 0.352 e. The van der Waals surface area contributed by atoms with Gasteiger partial charge in [-0.15, -0.1) is 0 Å². The molecule has 0 aromatic heterocycles. The number of benzene rings is 1. The molecule has 3 rings (SSSR count). The number of carbonyl (C=O) groups excluding carboxylic acids is 3. The fourth-order valence-electron chi connectivity index (χ4n) is 4.31. The van der Waals surface area contributed by atoms with Crippen molar-refractivity contribution in [2.24, 2.45) is 5.92 Å². The molecule has 1 aliphatic heterocycles. The highest BCUT2D eigenvalue weighted by atomic mass is 19.1. The molecule has 4 amide bonds. The molecule has 0 atom stereocenters. The summed E-state index contributed by atoms with van der Waals surface area (Å²) < 4.78 is 13.1. The third-order valence-electron chi connectivity index (χ3n) is 6.11. The summed E-state index contributed by atoms with van der Waals surface area (Å²) in [6.07, 6.45) is 7.70. The first-order valence-corrected chi connectivity index (χ1v) is 11.4. The van der Waals surface area contributed by atoms with Gasteiger partial charge < -0.3 is 20.9 Å². The zero-order valence-electron chi connectivity index (χ0n) is 18.0. The van der Waals surface area contributed by atoms with Crippen LogP contribution in [0, 0.1) is 11.7 Å². The van der Waals surface area contributed by atoms with Crippen molar-refractivity contribution in [1.29, 1.82) is 0 Å². The Morgan fingerprint density at radius 2 is 1.68 bits per heavy atom. The van der Waals surface area contributed by atoms with Gasteiger partial charge in [0.15, 0.2) is 0 Å². The van der Waals surface area contributed by atoms with E-state index in [9.17, 15) is 18.8 Å². The zero-order valence-corrected chi connectivity index (χ0v) is 18.0. The predicted molar refractivity (Wildman–Crippen MR) is 116 cm³/mol. The molecule has 31 heavy (non-hydrogen) atoms. The van der Waals surface area contributed by atoms with E-state index < -0.39 is 5.82 Å². The molecule has 3 N–H and O–H groups in total. The fraction of sp³-hybridized carbons (Fsp3) is 0.609. The standard InChI is InChI=1S/C23H33FN4O3/c24-19-9-4-8-18(16-19)21(29)25-12-5-13-26-23(31)27-20-10-14-28(15-11-20)22(30)17-6-2-1-3-7-17/h4,8-9,16-17,20H,1-3,5-7,10-15H2,(H,25,29)(H2,26,27,31). The molecule has 0 bridgehead atoms. The van der Waals surface area contributed by atoms with Crippen molar-refractivity contribution in [2.45, 2.75) is 57.4 Å². The number of likely N-dealkylation sites (tertiary alicyclic amines) is 1. The SMILES string of the molecule is O=C(NCCCNC(=O)c1cccc(F)c1)NC1CCN(C(=O)C2CCCCC2)CC1. The van der Waals surface area contributed by atoms with E-state index in [1.807, 2.05) is 4.90 Å². The van der Waals surface area contributed by atoms with E-state index in [1.54, 1.807) is 6.07 Å². The third-order valence-corrected chi connectivity index (χ3v) is 6.11. The van der Waals surface area contributed by atoms with Crippen molar-refractivity contribution in [2.75, 3.05) is 26.2 Å². The number of nitrogens with one attached hydrogen (secondary N) is 3. The van der Waals surface area contributed by atoms with Crippen LogP contribution in [0.4, 0.5) is 9.18 Å². The Labute approximate surface area is 183 Å². The summed E-state index contributed by atoms with van der Waals surface area (Å²) in [6, 6.07) is 5.37. The minimum Gasteiger partial charge on any atom is -0.352 e. The summed E-state index contributed by atoms with van der Waals surface area (Å²) >= 11 is 0. The van der Waals surface area contributed by atoms with Gasteiger partial charge in [0.25, 0.3) is 5.91 Å². The van der Waals surface area contributed by atoms with Gasteiger partial charge in [-0.2, -0.15) is 0 Å². The molecule has 8 heteroatoms. The fourth-order valence-corrected chi connectivity index (χ4v) is 4.31. The Hall–Kier alpha value is -2.64. The van der Waals surface area contributed by atoms with Gasteiger partial charge in [0.1, 0.15) is 5.82 Å². The molecule has 1 heterocycles. The molecule has 1 aliphatic carbocycles. The molecule has 1 aromatic carbocycles. The number of nitrogens with zero attached hydrogens (tertiary/aromatic N) is 1. The minimum atomic E-state index is -0.449. The predicted octanol–water partition coefficient (Wildman–Crippen LogP) is 2.82. The molecule has 0 unspecified atom stereocenters. The van der Waals surface area contributed by atoms with Gasteiger partial charge >= 0.3 is 6.03 Å². The second kappa shape index (κ2) is 11.7. The van der Waals surface area contributed by atoms with Crippen molar-refractivity contribution in [3.05, 3.63) is 35.6 Å². The lowest BCUT2D eigenvalue weighted by atomic mass is 9.87. The van der Waals surface area contributed by atoms with Gasteiger partial charge in [0.05, 0.1) is 0 Å². The van der Waals surface area contributed by atoms with Gasteiger partial charge in [-0.05, 0) is 50.3 Å². The van der Waals surface area contributed by atoms with E-state index in [0.717, 1.165) is 38.5 Å². The molecule has 1 saturated carbocycles. The van der Waals surface area contributed by atoms with Crippen molar-refractivity contribution in [3.8, 4) is 0 Å². The molecule has 0 radical (unpaired) electrons. The zero-order chi connectivity index (χ0) is 22.1. The van der Waals surface area contributed by atoms with Crippen molar-refractivity contribution >= 4 is 17.8 Å². The minimum absolute atomic E-state index is 0.0723. The molecule has 0 spiro atoms. The van der Waals surface area contributed by atoms with Crippen LogP contribution in [0.2, 0.25) is 0 Å². The number of halogens is 1. The van der Waals surface area contributed by atoms with Crippen molar-refractivity contribution < 1.29 is 18.8 Å². The molecule has 1 saturated heterocycles. The Balaban J connectivity index is 1.26. The van der Waals surface area contributed by atoms with Gasteiger partial charge in [-0.3, -0.25) is 9.59 Å². The smallest absolute Gasteiger partial charge is 0.315 e. The molecule has 2 aliphatic rings. The van der Waals surface area contributed by atoms with Crippen LogP contribution >= 0.6 is 0 Å². The lowest BCUT2D eigenvalue weighted by Gasteiger charge is -2.35. The number of hydrogen-bond acceptors (Lipinski definition) is 3. The first-order valence-electron chi connectivity index (χ1n) is 11.4. The van der Waals surface area contributed by atoms with Crippen LogP contribution in [-0.4, -0.2) is 55.0 Å². The van der Waals surface area contributed by atoms with E-state index in [1.165, 1.54) is 24.6 Å². The highest BCUT2D eigenvalue weighted by Gasteiger charge is 2.29. The van der Waals surface area contributed by atoms with E-state index >= 15 is 0 Å². The van der Waals surface area contributed by atoms with Gasteiger partial charge in [0.2, 0.25) is 5.91 Å². The molecule has 170 valence electrons. The second-order valence-electron chi connectivity index (χ2n) is 8.45. The molecular weight excluding hydrogens is 399 g/mol. The van der Waals surface area contributed by atoms with Crippen LogP contribution in [0.1, 0.15) is 61.7 Å². The van der Waals surface area contributed by atoms with E-state index in [0.29, 0.717) is 38.5 Å². The molecule has 2 fully saturated rings. The van der Waals surface area contributed by atoms with E-state index in [4.69, 9.17) is 0 Å². The lowest BCUT2D eigenvalue weighted by Crippen LogP contribution is -2.50. The number of piperidine rings is 1. The lowest BCUT2D eigenvalue weighted by molar-refractivity contribution is -0.137. The summed E-state index contributed by atoms with van der Waals surface area (Å²) in [5, 5.41) is 8.48. The van der Waals surface area contributed by atoms with Crippen LogP contribution in [0.5, 0.6) is 0 Å². The highest BCUT2D eigenvalue weighted by molar-refractivity contribution is 5.94. The Morgan fingerprint density at radius 1 is 0.968 bits per heavy atom. The van der Waals surface area contributed by atoms with Crippen molar-refractivity contribution in [1.82, 2.24) is 20.9 Å². The molecule has 1 aromatic rings. The second-order valence-corrected chi connectivity index (χ2v) is 8.45. The maximum absolute atomic E-state index is 13.1. The monoisotopic (exact) mass is 432 g/mol. The Kier molecular flexibility index (Phi) is 8.67. The number of urea groups is 1. The third kappa shape index (κ3) is 7.22. The summed E-state index contributed by atoms with van der Waals surface area (Å²) in [5.41, 5.74) is 0.277. The average molecular weight is 433 g/mol. The van der Waals surface area contributed by atoms with Gasteiger partial charge in [-0.25, -0.2) is 9.18 Å². The Morgan fingerprint density at radius 3 is 2.39 bits per heavy atom. The molecular formula is C23H33FN4O3. The van der Waals surface area contributed by atoms with Crippen LogP contribution in [-0.2, 0) is 4.79 Å². The summed E-state index contributed by atoms with van der Waals surface area (Å²) in [6.45, 7) is 2.21. The van der Waals surface area contributed by atoms with Crippen LogP contribution in [0.25, 0.3) is 0 Å². The highest BCUT2D eigenvalue weighted by Crippen LogP contribution is 2.26. The molecule has 7 nitrogen and oxygen atoms in total.